The molecule has 0 aromatic rings. The van der Waals surface area contributed by atoms with Crippen molar-refractivity contribution >= 4 is 0 Å². The predicted molar refractivity (Wildman–Crippen MR) is 71.2 cm³/mol. The first-order chi connectivity index (χ1) is 7.67. The summed E-state index contributed by atoms with van der Waals surface area (Å²) < 4.78 is 0. The van der Waals surface area contributed by atoms with E-state index in [-0.39, 0.29) is 0 Å². The summed E-state index contributed by atoms with van der Waals surface area (Å²) in [5.41, 5.74) is 0. The molecule has 1 unspecified atom stereocenters. The molecule has 1 aliphatic carbocycles. The minimum absolute atomic E-state index is 0.533. The van der Waals surface area contributed by atoms with E-state index >= 15 is 0 Å². The van der Waals surface area contributed by atoms with Gasteiger partial charge in [0.25, 0.3) is 0 Å². The van der Waals surface area contributed by atoms with Gasteiger partial charge in [0.2, 0.25) is 0 Å². The van der Waals surface area contributed by atoms with Crippen LogP contribution in [0.2, 0.25) is 0 Å². The lowest BCUT2D eigenvalue weighted by molar-refractivity contribution is 0.227. The van der Waals surface area contributed by atoms with Crippen molar-refractivity contribution in [2.75, 3.05) is 0 Å². The normalized spacial score (nSPS) is 27.7. The van der Waals surface area contributed by atoms with Gasteiger partial charge in [0.1, 0.15) is 0 Å². The molecular formula is C15H27N. The van der Waals surface area contributed by atoms with Gasteiger partial charge in [-0.25, -0.2) is 0 Å². The lowest BCUT2D eigenvalue weighted by atomic mass is 9.79. The van der Waals surface area contributed by atoms with Gasteiger partial charge in [0.15, 0.2) is 0 Å². The third-order valence-electron chi connectivity index (χ3n) is 4.04. The predicted octanol–water partition coefficient (Wildman–Crippen LogP) is 3.59. The van der Waals surface area contributed by atoms with Crippen LogP contribution in [0.5, 0.6) is 0 Å². The Morgan fingerprint density at radius 1 is 1.25 bits per heavy atom. The van der Waals surface area contributed by atoms with Gasteiger partial charge >= 0.3 is 0 Å². The highest BCUT2D eigenvalue weighted by Gasteiger charge is 2.24. The highest BCUT2D eigenvalue weighted by molar-refractivity contribution is 4.91. The van der Waals surface area contributed by atoms with Crippen molar-refractivity contribution in [3.05, 3.63) is 0 Å². The van der Waals surface area contributed by atoms with E-state index in [1.54, 1.807) is 0 Å². The van der Waals surface area contributed by atoms with E-state index < -0.39 is 0 Å². The Hall–Kier alpha value is -0.480. The smallest absolute Gasteiger partial charge is 0.0240 e. The minimum Gasteiger partial charge on any atom is -0.310 e. The Balaban J connectivity index is 2.28. The first-order valence-electron chi connectivity index (χ1n) is 6.86. The average Bonchev–Trinajstić information content (AvgIpc) is 2.29. The second-order valence-corrected chi connectivity index (χ2v) is 5.54. The molecule has 0 aromatic carbocycles. The third-order valence-corrected chi connectivity index (χ3v) is 4.04. The fraction of sp³-hybridized carbons (Fsp3) is 0.867. The van der Waals surface area contributed by atoms with Gasteiger partial charge in [-0.3, -0.25) is 0 Å². The standard InChI is InChI=1S/C15H27N/c1-5-7-14(6-2)16-15-10-8-13(9-11-15)12(3)4/h1,12-16H,6-11H2,2-4H3. The van der Waals surface area contributed by atoms with E-state index in [1.165, 1.54) is 25.7 Å². The molecule has 0 saturated heterocycles. The van der Waals surface area contributed by atoms with Crippen LogP contribution in [0.4, 0.5) is 0 Å². The number of terminal acetylenes is 1. The third kappa shape index (κ3) is 4.18. The molecular weight excluding hydrogens is 194 g/mol. The summed E-state index contributed by atoms with van der Waals surface area (Å²) in [5.74, 6) is 4.58. The van der Waals surface area contributed by atoms with Crippen molar-refractivity contribution in [2.45, 2.75) is 71.4 Å². The summed E-state index contributed by atoms with van der Waals surface area (Å²) in [5, 5.41) is 3.72. The minimum atomic E-state index is 0.533. The van der Waals surface area contributed by atoms with Crippen molar-refractivity contribution in [1.82, 2.24) is 5.32 Å². The zero-order valence-electron chi connectivity index (χ0n) is 11.1. The molecule has 0 aromatic heterocycles. The monoisotopic (exact) mass is 221 g/mol. The Morgan fingerprint density at radius 3 is 2.31 bits per heavy atom. The zero-order valence-corrected chi connectivity index (χ0v) is 11.1. The molecule has 1 saturated carbocycles. The van der Waals surface area contributed by atoms with Gasteiger partial charge < -0.3 is 5.32 Å². The van der Waals surface area contributed by atoms with E-state index in [0.717, 1.165) is 24.7 Å². The van der Waals surface area contributed by atoms with Crippen LogP contribution in [0.25, 0.3) is 0 Å². The van der Waals surface area contributed by atoms with Gasteiger partial charge in [-0.15, -0.1) is 12.3 Å². The Labute approximate surface area is 101 Å². The topological polar surface area (TPSA) is 12.0 Å². The molecule has 1 heteroatoms. The molecule has 1 rings (SSSR count). The average molecular weight is 221 g/mol. The largest absolute Gasteiger partial charge is 0.310 e. The van der Waals surface area contributed by atoms with E-state index in [4.69, 9.17) is 6.42 Å². The summed E-state index contributed by atoms with van der Waals surface area (Å²) in [6.07, 6.45) is 12.9. The molecule has 1 N–H and O–H groups in total. The van der Waals surface area contributed by atoms with Gasteiger partial charge in [-0.05, 0) is 43.9 Å². The van der Waals surface area contributed by atoms with Crippen molar-refractivity contribution in [1.29, 1.82) is 0 Å². The lowest BCUT2D eigenvalue weighted by Gasteiger charge is -2.33. The number of hydrogen-bond donors (Lipinski definition) is 1. The summed E-state index contributed by atoms with van der Waals surface area (Å²) in [6, 6.07) is 1.25. The number of hydrogen-bond acceptors (Lipinski definition) is 1. The molecule has 16 heavy (non-hydrogen) atoms. The molecule has 1 fully saturated rings. The molecule has 0 amide bonds. The van der Waals surface area contributed by atoms with Crippen LogP contribution in [-0.2, 0) is 0 Å². The maximum atomic E-state index is 5.38. The van der Waals surface area contributed by atoms with Crippen molar-refractivity contribution in [3.8, 4) is 12.3 Å². The second kappa shape index (κ2) is 6.97. The number of rotatable bonds is 5. The SMILES string of the molecule is C#CCC(CC)NC1CCC(C(C)C)CC1. The molecule has 1 aliphatic rings. The summed E-state index contributed by atoms with van der Waals surface area (Å²) in [7, 11) is 0. The van der Waals surface area contributed by atoms with Crippen LogP contribution < -0.4 is 5.32 Å². The van der Waals surface area contributed by atoms with Gasteiger partial charge in [0.05, 0.1) is 0 Å². The Bertz CT molecular complexity index is 218. The van der Waals surface area contributed by atoms with Crippen molar-refractivity contribution < 1.29 is 0 Å². The molecule has 92 valence electrons. The van der Waals surface area contributed by atoms with E-state index in [0.29, 0.717) is 12.1 Å². The molecule has 1 nitrogen and oxygen atoms in total. The first kappa shape index (κ1) is 13.6. The Morgan fingerprint density at radius 2 is 1.88 bits per heavy atom. The van der Waals surface area contributed by atoms with Crippen LogP contribution in [0, 0.1) is 24.2 Å². The summed E-state index contributed by atoms with van der Waals surface area (Å²) >= 11 is 0. The second-order valence-electron chi connectivity index (χ2n) is 5.54. The molecule has 0 bridgehead atoms. The van der Waals surface area contributed by atoms with Crippen molar-refractivity contribution in [2.24, 2.45) is 11.8 Å². The van der Waals surface area contributed by atoms with Crippen LogP contribution >= 0.6 is 0 Å². The van der Waals surface area contributed by atoms with E-state index in [9.17, 15) is 0 Å². The van der Waals surface area contributed by atoms with Crippen LogP contribution in [0.15, 0.2) is 0 Å². The maximum absolute atomic E-state index is 5.38. The van der Waals surface area contributed by atoms with Crippen LogP contribution in [0.1, 0.15) is 59.3 Å². The van der Waals surface area contributed by atoms with Crippen LogP contribution in [-0.4, -0.2) is 12.1 Å². The fourth-order valence-electron chi connectivity index (χ4n) is 2.75. The fourth-order valence-corrected chi connectivity index (χ4v) is 2.75. The zero-order chi connectivity index (χ0) is 12.0. The van der Waals surface area contributed by atoms with Gasteiger partial charge in [0, 0.05) is 18.5 Å². The van der Waals surface area contributed by atoms with Crippen LogP contribution in [0.3, 0.4) is 0 Å². The number of nitrogens with one attached hydrogen (secondary N) is 1. The molecule has 1 atom stereocenters. The van der Waals surface area contributed by atoms with E-state index in [2.05, 4.69) is 32.0 Å². The Kier molecular flexibility index (Phi) is 5.91. The lowest BCUT2D eigenvalue weighted by Crippen LogP contribution is -2.40. The molecule has 0 spiro atoms. The molecule has 0 heterocycles. The van der Waals surface area contributed by atoms with Gasteiger partial charge in [-0.2, -0.15) is 0 Å². The first-order valence-corrected chi connectivity index (χ1v) is 6.86. The molecule has 0 radical (unpaired) electrons. The maximum Gasteiger partial charge on any atom is 0.0240 e. The molecule has 0 aliphatic heterocycles. The highest BCUT2D eigenvalue weighted by Crippen LogP contribution is 2.30. The van der Waals surface area contributed by atoms with Gasteiger partial charge in [-0.1, -0.05) is 20.8 Å². The quantitative estimate of drug-likeness (QED) is 0.700. The summed E-state index contributed by atoms with van der Waals surface area (Å²) in [6.45, 7) is 6.92. The highest BCUT2D eigenvalue weighted by atomic mass is 14.9. The van der Waals surface area contributed by atoms with Crippen molar-refractivity contribution in [3.63, 3.8) is 0 Å². The summed E-state index contributed by atoms with van der Waals surface area (Å²) in [4.78, 5) is 0. The van der Waals surface area contributed by atoms with E-state index in [1.807, 2.05) is 0 Å².